The molecule has 0 bridgehead atoms. The van der Waals surface area contributed by atoms with Crippen molar-refractivity contribution in [3.63, 3.8) is 0 Å². The van der Waals surface area contributed by atoms with Crippen molar-refractivity contribution in [2.45, 2.75) is 13.3 Å². The highest BCUT2D eigenvalue weighted by Crippen LogP contribution is 2.21. The van der Waals surface area contributed by atoms with E-state index < -0.39 is 0 Å². The smallest absolute Gasteiger partial charge is 0.219 e. The number of hydrogen-bond donors (Lipinski definition) is 1. The van der Waals surface area contributed by atoms with E-state index in [0.717, 1.165) is 11.3 Å². The number of nitrogens with two attached hydrogens (primary N) is 1. The quantitative estimate of drug-likeness (QED) is 0.893. The van der Waals surface area contributed by atoms with E-state index in [4.69, 9.17) is 15.7 Å². The maximum Gasteiger partial charge on any atom is 0.219 e. The van der Waals surface area contributed by atoms with Crippen LogP contribution in [0.15, 0.2) is 36.4 Å². The lowest BCUT2D eigenvalue weighted by molar-refractivity contribution is 0.462. The topological polar surface area (TPSA) is 71.9 Å². The summed E-state index contributed by atoms with van der Waals surface area (Å²) in [6.07, 6.45) is 0.402. The Labute approximate surface area is 106 Å². The van der Waals surface area contributed by atoms with Gasteiger partial charge in [0.05, 0.1) is 23.9 Å². The molecule has 0 radical (unpaired) electrons. The zero-order valence-electron chi connectivity index (χ0n) is 10.1. The molecule has 1 heterocycles. The molecule has 0 unspecified atom stereocenters. The van der Waals surface area contributed by atoms with Crippen LogP contribution < -0.4 is 10.5 Å². The molecular weight excluding hydrogens is 226 g/mol. The maximum absolute atomic E-state index is 8.58. The van der Waals surface area contributed by atoms with Gasteiger partial charge in [0.1, 0.15) is 5.75 Å². The molecule has 90 valence electrons. The number of anilines is 1. The summed E-state index contributed by atoms with van der Waals surface area (Å²) in [7, 11) is 0. The molecule has 2 rings (SSSR count). The van der Waals surface area contributed by atoms with Crippen LogP contribution in [0, 0.1) is 18.3 Å². The van der Waals surface area contributed by atoms with Crippen molar-refractivity contribution in [2.75, 3.05) is 5.73 Å². The summed E-state index contributed by atoms with van der Waals surface area (Å²) in [6, 6.07) is 13.0. The van der Waals surface area contributed by atoms with Crippen molar-refractivity contribution in [1.82, 2.24) is 4.98 Å². The van der Waals surface area contributed by atoms with E-state index in [1.54, 1.807) is 12.1 Å². The van der Waals surface area contributed by atoms with Gasteiger partial charge in [0.15, 0.2) is 0 Å². The summed E-state index contributed by atoms with van der Waals surface area (Å²) in [6.45, 7) is 1.83. The predicted molar refractivity (Wildman–Crippen MR) is 69.2 cm³/mol. The van der Waals surface area contributed by atoms with Crippen LogP contribution in [0.4, 0.5) is 5.69 Å². The van der Waals surface area contributed by atoms with Crippen LogP contribution in [-0.2, 0) is 6.42 Å². The van der Waals surface area contributed by atoms with E-state index in [9.17, 15) is 0 Å². The molecule has 0 amide bonds. The van der Waals surface area contributed by atoms with E-state index in [1.165, 1.54) is 0 Å². The van der Waals surface area contributed by atoms with Gasteiger partial charge in [-0.3, -0.25) is 0 Å². The van der Waals surface area contributed by atoms with Gasteiger partial charge >= 0.3 is 0 Å². The monoisotopic (exact) mass is 239 g/mol. The Morgan fingerprint density at radius 1 is 1.22 bits per heavy atom. The first-order valence-corrected chi connectivity index (χ1v) is 5.56. The molecular formula is C14H13N3O. The fourth-order valence-electron chi connectivity index (χ4n) is 1.49. The normalized spacial score (nSPS) is 9.78. The third-order valence-corrected chi connectivity index (χ3v) is 2.53. The zero-order valence-corrected chi connectivity index (χ0v) is 10.1. The maximum atomic E-state index is 8.58. The summed E-state index contributed by atoms with van der Waals surface area (Å²) in [5, 5.41) is 8.58. The van der Waals surface area contributed by atoms with Gasteiger partial charge in [0.2, 0.25) is 5.88 Å². The van der Waals surface area contributed by atoms with E-state index >= 15 is 0 Å². The number of nitrogen functional groups attached to an aromatic ring is 1. The summed E-state index contributed by atoms with van der Waals surface area (Å²) in [5.74, 6) is 1.20. The molecule has 0 saturated heterocycles. The van der Waals surface area contributed by atoms with Crippen LogP contribution in [-0.4, -0.2) is 4.98 Å². The van der Waals surface area contributed by atoms with Gasteiger partial charge < -0.3 is 10.5 Å². The minimum atomic E-state index is 0.402. The van der Waals surface area contributed by atoms with Crippen LogP contribution >= 0.6 is 0 Å². The highest BCUT2D eigenvalue weighted by Gasteiger charge is 2.01. The average molecular weight is 239 g/mol. The number of ether oxygens (including phenoxy) is 1. The van der Waals surface area contributed by atoms with Crippen LogP contribution in [0.25, 0.3) is 0 Å². The zero-order chi connectivity index (χ0) is 13.0. The van der Waals surface area contributed by atoms with Gasteiger partial charge in [-0.1, -0.05) is 12.1 Å². The number of rotatable bonds is 3. The van der Waals surface area contributed by atoms with Gasteiger partial charge in [-0.25, -0.2) is 4.98 Å². The lowest BCUT2D eigenvalue weighted by Crippen LogP contribution is -1.95. The van der Waals surface area contributed by atoms with E-state index in [2.05, 4.69) is 11.1 Å². The van der Waals surface area contributed by atoms with Crippen molar-refractivity contribution in [3.05, 3.63) is 47.7 Å². The number of benzene rings is 1. The Kier molecular flexibility index (Phi) is 3.44. The van der Waals surface area contributed by atoms with Gasteiger partial charge in [-0.2, -0.15) is 5.26 Å². The molecule has 0 aliphatic rings. The lowest BCUT2D eigenvalue weighted by atomic mass is 10.2. The summed E-state index contributed by atoms with van der Waals surface area (Å²) in [4.78, 5) is 4.23. The van der Waals surface area contributed by atoms with Crippen LogP contribution in [0.5, 0.6) is 11.6 Å². The Hall–Kier alpha value is -2.54. The van der Waals surface area contributed by atoms with Gasteiger partial charge in [-0.05, 0) is 30.7 Å². The second-order valence-electron chi connectivity index (χ2n) is 3.91. The molecule has 4 heteroatoms. The second-order valence-corrected chi connectivity index (χ2v) is 3.91. The average Bonchev–Trinajstić information content (AvgIpc) is 2.37. The van der Waals surface area contributed by atoms with Gasteiger partial charge in [0, 0.05) is 6.07 Å². The Morgan fingerprint density at radius 3 is 2.56 bits per heavy atom. The van der Waals surface area contributed by atoms with Crippen molar-refractivity contribution >= 4 is 5.69 Å². The number of nitrogens with zero attached hydrogens (tertiary/aromatic N) is 2. The van der Waals surface area contributed by atoms with Crippen molar-refractivity contribution in [3.8, 4) is 17.7 Å². The third-order valence-electron chi connectivity index (χ3n) is 2.53. The molecule has 0 aliphatic heterocycles. The van der Waals surface area contributed by atoms with Gasteiger partial charge in [0.25, 0.3) is 0 Å². The number of nitriles is 1. The second kappa shape index (κ2) is 5.19. The van der Waals surface area contributed by atoms with E-state index in [1.807, 2.05) is 31.2 Å². The number of aryl methyl sites for hydroxylation is 1. The Bertz CT molecular complexity index is 585. The summed E-state index contributed by atoms with van der Waals surface area (Å²) >= 11 is 0. The fourth-order valence-corrected chi connectivity index (χ4v) is 1.49. The molecule has 1 aromatic heterocycles. The highest BCUT2D eigenvalue weighted by molar-refractivity contribution is 5.44. The summed E-state index contributed by atoms with van der Waals surface area (Å²) in [5.41, 5.74) is 8.04. The number of hydrogen-bond acceptors (Lipinski definition) is 4. The van der Waals surface area contributed by atoms with Crippen molar-refractivity contribution in [1.29, 1.82) is 5.26 Å². The molecule has 0 fully saturated rings. The first-order chi connectivity index (χ1) is 8.69. The molecule has 18 heavy (non-hydrogen) atoms. The van der Waals surface area contributed by atoms with Crippen LogP contribution in [0.1, 0.15) is 11.3 Å². The fraction of sp³-hybridized carbons (Fsp3) is 0.143. The minimum absolute atomic E-state index is 0.402. The largest absolute Gasteiger partial charge is 0.439 e. The number of pyridine rings is 1. The molecule has 1 aromatic carbocycles. The standard InChI is InChI=1S/C14H13N3O/c1-10-13(16)6-7-14(17-10)18-12-4-2-11(3-5-12)8-9-15/h2-7H,8,16H2,1H3. The first-order valence-electron chi connectivity index (χ1n) is 5.56. The van der Waals surface area contributed by atoms with Crippen LogP contribution in [0.3, 0.4) is 0 Å². The molecule has 4 nitrogen and oxygen atoms in total. The Balaban J connectivity index is 2.13. The van der Waals surface area contributed by atoms with Gasteiger partial charge in [-0.15, -0.1) is 0 Å². The molecule has 0 spiro atoms. The van der Waals surface area contributed by atoms with E-state index in [0.29, 0.717) is 23.7 Å². The highest BCUT2D eigenvalue weighted by atomic mass is 16.5. The lowest BCUT2D eigenvalue weighted by Gasteiger charge is -2.07. The van der Waals surface area contributed by atoms with Crippen molar-refractivity contribution in [2.24, 2.45) is 0 Å². The first kappa shape index (κ1) is 11.9. The Morgan fingerprint density at radius 2 is 1.94 bits per heavy atom. The number of aromatic nitrogens is 1. The van der Waals surface area contributed by atoms with Crippen LogP contribution in [0.2, 0.25) is 0 Å². The molecule has 0 aliphatic carbocycles. The van der Waals surface area contributed by atoms with E-state index in [-0.39, 0.29) is 0 Å². The minimum Gasteiger partial charge on any atom is -0.439 e. The SMILES string of the molecule is Cc1nc(Oc2ccc(CC#N)cc2)ccc1N. The summed E-state index contributed by atoms with van der Waals surface area (Å²) < 4.78 is 5.60. The third kappa shape index (κ3) is 2.77. The molecule has 0 saturated carbocycles. The molecule has 2 aromatic rings. The van der Waals surface area contributed by atoms with Crippen molar-refractivity contribution < 1.29 is 4.74 Å². The molecule has 2 N–H and O–H groups in total. The molecule has 0 atom stereocenters. The predicted octanol–water partition coefficient (Wildman–Crippen LogP) is 2.83.